The Morgan fingerprint density at radius 3 is 3.00 bits per heavy atom. The van der Waals surface area contributed by atoms with Gasteiger partial charge in [-0.2, -0.15) is 0 Å². The maximum Gasteiger partial charge on any atom is 0.278 e. The van der Waals surface area contributed by atoms with Crippen LogP contribution in [-0.4, -0.2) is 15.0 Å². The summed E-state index contributed by atoms with van der Waals surface area (Å²) >= 11 is 1.66. The predicted octanol–water partition coefficient (Wildman–Crippen LogP) is 3.02. The van der Waals surface area contributed by atoms with Crippen molar-refractivity contribution in [1.29, 1.82) is 0 Å². The highest BCUT2D eigenvalue weighted by atomic mass is 32.1. The van der Waals surface area contributed by atoms with Crippen LogP contribution in [0.3, 0.4) is 0 Å². The number of hydrogen-bond donors (Lipinski definition) is 0. The second-order valence-corrected chi connectivity index (χ2v) is 7.42. The highest BCUT2D eigenvalue weighted by molar-refractivity contribution is 7.18. The molecule has 0 spiro atoms. The molecule has 0 aromatic carbocycles. The van der Waals surface area contributed by atoms with Crippen molar-refractivity contribution in [2.75, 3.05) is 0 Å². The van der Waals surface area contributed by atoms with Crippen molar-refractivity contribution in [3.05, 3.63) is 20.8 Å². The van der Waals surface area contributed by atoms with E-state index >= 15 is 0 Å². The molecule has 2 aromatic rings. The molecule has 0 radical (unpaired) electrons. The van der Waals surface area contributed by atoms with Crippen LogP contribution >= 0.6 is 11.3 Å². The average molecular weight is 291 g/mol. The second kappa shape index (κ2) is 5.28. The van der Waals surface area contributed by atoms with Crippen molar-refractivity contribution in [2.24, 2.45) is 11.8 Å². The zero-order chi connectivity index (χ0) is 14.3. The Hall–Kier alpha value is -1.23. The lowest BCUT2D eigenvalue weighted by Crippen LogP contribution is -2.25. The van der Waals surface area contributed by atoms with Gasteiger partial charge < -0.3 is 0 Å². The number of aryl methyl sites for hydroxylation is 2. The zero-order valence-electron chi connectivity index (χ0n) is 12.3. The Morgan fingerprint density at radius 2 is 2.25 bits per heavy atom. The minimum atomic E-state index is 0.0581. The third-order valence-corrected chi connectivity index (χ3v) is 5.24. The van der Waals surface area contributed by atoms with Crippen LogP contribution in [0.15, 0.2) is 4.79 Å². The van der Waals surface area contributed by atoms with Crippen molar-refractivity contribution < 1.29 is 0 Å². The van der Waals surface area contributed by atoms with Gasteiger partial charge in [-0.25, -0.2) is 4.68 Å². The molecule has 1 unspecified atom stereocenters. The summed E-state index contributed by atoms with van der Waals surface area (Å²) in [7, 11) is 0. The standard InChI is InChI=1S/C15H21N3OS/c1-9(2)6-7-18-15(19)13-11-5-4-10(3)8-12(11)20-14(13)16-17-18/h9-10H,4-8H2,1-3H3. The van der Waals surface area contributed by atoms with Crippen molar-refractivity contribution in [1.82, 2.24) is 15.0 Å². The van der Waals surface area contributed by atoms with Crippen LogP contribution < -0.4 is 5.56 Å². The first-order chi connectivity index (χ1) is 9.56. The fourth-order valence-electron chi connectivity index (χ4n) is 2.82. The number of rotatable bonds is 3. The van der Waals surface area contributed by atoms with Gasteiger partial charge in [0.25, 0.3) is 5.56 Å². The molecule has 0 N–H and O–H groups in total. The molecule has 1 aliphatic carbocycles. The number of aromatic nitrogens is 3. The SMILES string of the molecule is CC(C)CCn1nnc2sc3c(c2c1=O)CCC(C)C3. The van der Waals surface area contributed by atoms with E-state index in [0.717, 1.165) is 29.5 Å². The van der Waals surface area contributed by atoms with Crippen LogP contribution in [0.5, 0.6) is 0 Å². The molecule has 2 aromatic heterocycles. The molecule has 4 nitrogen and oxygen atoms in total. The number of nitrogens with zero attached hydrogens (tertiary/aromatic N) is 3. The molecule has 0 aliphatic heterocycles. The number of fused-ring (bicyclic) bond motifs is 3. The molecule has 108 valence electrons. The largest absolute Gasteiger partial charge is 0.278 e. The molecule has 0 amide bonds. The fraction of sp³-hybridized carbons (Fsp3) is 0.667. The Balaban J connectivity index is 2.06. The van der Waals surface area contributed by atoms with Gasteiger partial charge in [0, 0.05) is 11.4 Å². The summed E-state index contributed by atoms with van der Waals surface area (Å²) in [4.78, 5) is 14.8. The van der Waals surface area contributed by atoms with Crippen LogP contribution in [0.4, 0.5) is 0 Å². The Kier molecular flexibility index (Phi) is 3.63. The van der Waals surface area contributed by atoms with Gasteiger partial charge in [-0.1, -0.05) is 26.0 Å². The summed E-state index contributed by atoms with van der Waals surface area (Å²) < 4.78 is 1.55. The number of hydrogen-bond acceptors (Lipinski definition) is 4. The monoisotopic (exact) mass is 291 g/mol. The lowest BCUT2D eigenvalue weighted by atomic mass is 9.89. The summed E-state index contributed by atoms with van der Waals surface area (Å²) in [6.07, 6.45) is 4.24. The van der Waals surface area contributed by atoms with Gasteiger partial charge in [-0.05, 0) is 43.1 Å². The van der Waals surface area contributed by atoms with E-state index in [1.54, 1.807) is 16.0 Å². The molecular formula is C15H21N3OS. The van der Waals surface area contributed by atoms with E-state index in [2.05, 4.69) is 31.1 Å². The molecule has 0 saturated heterocycles. The highest BCUT2D eigenvalue weighted by Crippen LogP contribution is 2.35. The van der Waals surface area contributed by atoms with Gasteiger partial charge in [0.2, 0.25) is 0 Å². The normalized spacial score (nSPS) is 18.7. The summed E-state index contributed by atoms with van der Waals surface area (Å²) in [6, 6.07) is 0. The molecule has 1 atom stereocenters. The topological polar surface area (TPSA) is 47.8 Å². The highest BCUT2D eigenvalue weighted by Gasteiger charge is 2.23. The molecule has 5 heteroatoms. The zero-order valence-corrected chi connectivity index (χ0v) is 13.2. The second-order valence-electron chi connectivity index (χ2n) is 6.33. The molecule has 20 heavy (non-hydrogen) atoms. The minimum Gasteiger partial charge on any atom is -0.267 e. The Morgan fingerprint density at radius 1 is 1.45 bits per heavy atom. The van der Waals surface area contributed by atoms with Crippen LogP contribution in [-0.2, 0) is 19.4 Å². The van der Waals surface area contributed by atoms with E-state index in [-0.39, 0.29) is 5.56 Å². The molecule has 2 heterocycles. The number of thiophene rings is 1. The van der Waals surface area contributed by atoms with Gasteiger partial charge in [-0.15, -0.1) is 16.4 Å². The molecule has 0 saturated carbocycles. The van der Waals surface area contributed by atoms with Crippen LogP contribution in [0.2, 0.25) is 0 Å². The fourth-order valence-corrected chi connectivity index (χ4v) is 4.14. The van der Waals surface area contributed by atoms with Gasteiger partial charge in [0.05, 0.1) is 5.39 Å². The maximum absolute atomic E-state index is 12.6. The van der Waals surface area contributed by atoms with Crippen molar-refractivity contribution in [3.8, 4) is 0 Å². The van der Waals surface area contributed by atoms with E-state index in [0.29, 0.717) is 18.4 Å². The first-order valence-corrected chi connectivity index (χ1v) is 8.26. The molecule has 1 aliphatic rings. The van der Waals surface area contributed by atoms with E-state index in [1.165, 1.54) is 16.9 Å². The summed E-state index contributed by atoms with van der Waals surface area (Å²) in [5.74, 6) is 1.28. The predicted molar refractivity (Wildman–Crippen MR) is 82.3 cm³/mol. The van der Waals surface area contributed by atoms with Crippen LogP contribution in [0, 0.1) is 11.8 Å². The molecule has 0 bridgehead atoms. The first kappa shape index (κ1) is 13.7. The lowest BCUT2D eigenvalue weighted by molar-refractivity contribution is 0.459. The Labute approximate surface area is 122 Å². The van der Waals surface area contributed by atoms with Crippen molar-refractivity contribution >= 4 is 21.6 Å². The molecule has 3 rings (SSSR count). The summed E-state index contributed by atoms with van der Waals surface area (Å²) in [5, 5.41) is 9.23. The third kappa shape index (κ3) is 2.39. The third-order valence-electron chi connectivity index (χ3n) is 4.10. The van der Waals surface area contributed by atoms with E-state index in [9.17, 15) is 4.79 Å². The van der Waals surface area contributed by atoms with E-state index in [4.69, 9.17) is 0 Å². The summed E-state index contributed by atoms with van der Waals surface area (Å²) in [6.45, 7) is 7.26. The van der Waals surface area contributed by atoms with Gasteiger partial charge in [0.1, 0.15) is 0 Å². The molecule has 0 fully saturated rings. The van der Waals surface area contributed by atoms with E-state index < -0.39 is 0 Å². The van der Waals surface area contributed by atoms with Gasteiger partial charge >= 0.3 is 0 Å². The quantitative estimate of drug-likeness (QED) is 0.873. The lowest BCUT2D eigenvalue weighted by Gasteiger charge is -2.17. The minimum absolute atomic E-state index is 0.0581. The maximum atomic E-state index is 12.6. The summed E-state index contributed by atoms with van der Waals surface area (Å²) in [5.41, 5.74) is 1.31. The average Bonchev–Trinajstić information content (AvgIpc) is 2.75. The smallest absolute Gasteiger partial charge is 0.267 e. The van der Waals surface area contributed by atoms with E-state index in [1.807, 2.05) is 0 Å². The van der Waals surface area contributed by atoms with Crippen molar-refractivity contribution in [2.45, 2.75) is 53.0 Å². The van der Waals surface area contributed by atoms with Crippen LogP contribution in [0.1, 0.15) is 44.1 Å². The van der Waals surface area contributed by atoms with Gasteiger partial charge in [0.15, 0.2) is 4.83 Å². The Bertz CT molecular complexity index is 686. The first-order valence-electron chi connectivity index (χ1n) is 7.44. The van der Waals surface area contributed by atoms with Crippen LogP contribution in [0.25, 0.3) is 10.2 Å². The molecular weight excluding hydrogens is 270 g/mol. The van der Waals surface area contributed by atoms with Gasteiger partial charge in [-0.3, -0.25) is 4.79 Å². The van der Waals surface area contributed by atoms with Crippen molar-refractivity contribution in [3.63, 3.8) is 0 Å².